The molecule has 2 heterocycles. The lowest BCUT2D eigenvalue weighted by atomic mass is 9.93. The van der Waals surface area contributed by atoms with Gasteiger partial charge in [-0.05, 0) is 17.5 Å². The Balaban J connectivity index is 1.82. The Kier molecular flexibility index (Phi) is 3.62. The smallest absolute Gasteiger partial charge is 0.323 e. The Hall–Kier alpha value is -2.34. The van der Waals surface area contributed by atoms with Crippen LogP contribution in [0.25, 0.3) is 0 Å². The number of amides is 2. The molecule has 21 heavy (non-hydrogen) atoms. The van der Waals surface area contributed by atoms with Gasteiger partial charge in [0.15, 0.2) is 0 Å². The lowest BCUT2D eigenvalue weighted by molar-refractivity contribution is 0.135. The van der Waals surface area contributed by atoms with Crippen molar-refractivity contribution in [3.63, 3.8) is 0 Å². The van der Waals surface area contributed by atoms with E-state index in [0.29, 0.717) is 12.4 Å². The molecular weight excluding hydrogens is 268 g/mol. The number of benzene rings is 1. The fourth-order valence-corrected chi connectivity index (χ4v) is 2.77. The number of aryl methyl sites for hydroxylation is 1. The highest BCUT2D eigenvalue weighted by Gasteiger charge is 2.30. The van der Waals surface area contributed by atoms with Crippen LogP contribution in [0, 0.1) is 0 Å². The second-order valence-corrected chi connectivity index (χ2v) is 5.11. The van der Waals surface area contributed by atoms with E-state index in [-0.39, 0.29) is 18.7 Å². The molecule has 1 unspecified atom stereocenters. The van der Waals surface area contributed by atoms with Gasteiger partial charge < -0.3 is 10.0 Å². The van der Waals surface area contributed by atoms with Crippen LogP contribution in [0.5, 0.6) is 0 Å². The monoisotopic (exact) mass is 286 g/mol. The van der Waals surface area contributed by atoms with Crippen LogP contribution in [0.4, 0.5) is 10.6 Å². The summed E-state index contributed by atoms with van der Waals surface area (Å²) in [5, 5.41) is 16.6. The number of nitrogens with one attached hydrogen (secondary N) is 1. The van der Waals surface area contributed by atoms with Crippen LogP contribution in [0.3, 0.4) is 0 Å². The number of anilines is 1. The van der Waals surface area contributed by atoms with Crippen molar-refractivity contribution in [3.05, 3.63) is 47.7 Å². The van der Waals surface area contributed by atoms with Gasteiger partial charge in [-0.1, -0.05) is 24.3 Å². The van der Waals surface area contributed by atoms with E-state index in [9.17, 15) is 9.90 Å². The van der Waals surface area contributed by atoms with Gasteiger partial charge in [-0.15, -0.1) is 0 Å². The van der Waals surface area contributed by atoms with Crippen molar-refractivity contribution in [1.29, 1.82) is 0 Å². The highest BCUT2D eigenvalue weighted by Crippen LogP contribution is 2.29. The average Bonchev–Trinajstić information content (AvgIpc) is 2.91. The Labute approximate surface area is 123 Å². The Morgan fingerprint density at radius 3 is 2.95 bits per heavy atom. The molecule has 1 aliphatic rings. The number of carbonyl (C=O) groups is 1. The van der Waals surface area contributed by atoms with Gasteiger partial charge in [-0.3, -0.25) is 10.00 Å². The maximum atomic E-state index is 12.5. The summed E-state index contributed by atoms with van der Waals surface area (Å²) in [6, 6.07) is 9.16. The van der Waals surface area contributed by atoms with Crippen molar-refractivity contribution < 1.29 is 9.90 Å². The maximum absolute atomic E-state index is 12.5. The van der Waals surface area contributed by atoms with E-state index in [1.165, 1.54) is 5.56 Å². The van der Waals surface area contributed by atoms with E-state index in [1.54, 1.807) is 28.9 Å². The number of aromatic nitrogens is 2. The summed E-state index contributed by atoms with van der Waals surface area (Å²) < 4.78 is 1.60. The number of fused-ring (bicyclic) bond motifs is 1. The summed E-state index contributed by atoms with van der Waals surface area (Å²) in [4.78, 5) is 14.1. The molecule has 0 saturated heterocycles. The summed E-state index contributed by atoms with van der Waals surface area (Å²) in [5.41, 5.74) is 2.22. The largest absolute Gasteiger partial charge is 0.394 e. The number of aliphatic hydroxyl groups excluding tert-OH is 1. The molecule has 1 atom stereocenters. The highest BCUT2D eigenvalue weighted by atomic mass is 16.3. The third-order valence-electron chi connectivity index (χ3n) is 3.90. The summed E-state index contributed by atoms with van der Waals surface area (Å²) in [7, 11) is 1.77. The van der Waals surface area contributed by atoms with Gasteiger partial charge in [0.05, 0.1) is 18.8 Å². The summed E-state index contributed by atoms with van der Waals surface area (Å²) in [6.45, 7) is 0.502. The van der Waals surface area contributed by atoms with Gasteiger partial charge >= 0.3 is 6.03 Å². The van der Waals surface area contributed by atoms with E-state index in [2.05, 4.69) is 10.4 Å². The van der Waals surface area contributed by atoms with E-state index >= 15 is 0 Å². The molecule has 0 fully saturated rings. The second kappa shape index (κ2) is 5.57. The van der Waals surface area contributed by atoms with Crippen LogP contribution in [0.1, 0.15) is 17.2 Å². The SMILES string of the molecule is Cn1nccc1NC(=O)N1CCc2ccccc2C1CO. The van der Waals surface area contributed by atoms with Gasteiger partial charge in [0.1, 0.15) is 5.82 Å². The first-order valence-corrected chi connectivity index (χ1v) is 6.95. The molecule has 0 aliphatic carbocycles. The van der Waals surface area contributed by atoms with E-state index in [4.69, 9.17) is 0 Å². The molecule has 0 spiro atoms. The van der Waals surface area contributed by atoms with Crippen molar-refractivity contribution >= 4 is 11.8 Å². The lowest BCUT2D eigenvalue weighted by Crippen LogP contribution is -2.44. The molecular formula is C15H18N4O2. The van der Waals surface area contributed by atoms with Crippen LogP contribution >= 0.6 is 0 Å². The first kappa shape index (κ1) is 13.6. The molecule has 0 radical (unpaired) electrons. The molecule has 2 aromatic rings. The number of carbonyl (C=O) groups excluding carboxylic acids is 1. The molecule has 2 N–H and O–H groups in total. The minimum Gasteiger partial charge on any atom is -0.394 e. The lowest BCUT2D eigenvalue weighted by Gasteiger charge is -2.36. The number of hydrogen-bond acceptors (Lipinski definition) is 3. The molecule has 1 aromatic carbocycles. The summed E-state index contributed by atoms with van der Waals surface area (Å²) in [5.74, 6) is 0.635. The van der Waals surface area contributed by atoms with Crippen molar-refractivity contribution in [1.82, 2.24) is 14.7 Å². The maximum Gasteiger partial charge on any atom is 0.323 e. The number of hydrogen-bond donors (Lipinski definition) is 2. The zero-order valence-corrected chi connectivity index (χ0v) is 11.9. The Bertz CT molecular complexity index is 653. The van der Waals surface area contributed by atoms with Crippen molar-refractivity contribution in [2.45, 2.75) is 12.5 Å². The number of urea groups is 1. The molecule has 110 valence electrons. The minimum absolute atomic E-state index is 0.0875. The van der Waals surface area contributed by atoms with Crippen LogP contribution in [0.2, 0.25) is 0 Å². The number of nitrogens with zero attached hydrogens (tertiary/aromatic N) is 3. The summed E-state index contributed by atoms with van der Waals surface area (Å²) >= 11 is 0. The molecule has 6 heteroatoms. The van der Waals surface area contributed by atoms with Gasteiger partial charge in [0.2, 0.25) is 0 Å². The fraction of sp³-hybridized carbons (Fsp3) is 0.333. The predicted molar refractivity (Wildman–Crippen MR) is 78.9 cm³/mol. The van der Waals surface area contributed by atoms with Gasteiger partial charge in [0, 0.05) is 19.7 Å². The van der Waals surface area contributed by atoms with Crippen LogP contribution in [-0.2, 0) is 13.5 Å². The Morgan fingerprint density at radius 2 is 2.24 bits per heavy atom. The Morgan fingerprint density at radius 1 is 1.43 bits per heavy atom. The van der Waals surface area contributed by atoms with Crippen molar-refractivity contribution in [2.24, 2.45) is 7.05 Å². The number of rotatable bonds is 2. The van der Waals surface area contributed by atoms with Gasteiger partial charge in [-0.25, -0.2) is 4.79 Å². The predicted octanol–water partition coefficient (Wildman–Crippen LogP) is 1.54. The molecule has 2 amide bonds. The third-order valence-corrected chi connectivity index (χ3v) is 3.90. The average molecular weight is 286 g/mol. The van der Waals surface area contributed by atoms with Gasteiger partial charge in [0.25, 0.3) is 0 Å². The van der Waals surface area contributed by atoms with Gasteiger partial charge in [-0.2, -0.15) is 5.10 Å². The quantitative estimate of drug-likeness (QED) is 0.880. The summed E-state index contributed by atoms with van der Waals surface area (Å²) in [6.07, 6.45) is 2.43. The topological polar surface area (TPSA) is 70.4 Å². The zero-order chi connectivity index (χ0) is 14.8. The highest BCUT2D eigenvalue weighted by molar-refractivity contribution is 5.89. The first-order chi connectivity index (χ1) is 10.2. The van der Waals surface area contributed by atoms with Crippen LogP contribution in [-0.4, -0.2) is 39.0 Å². The number of aliphatic hydroxyl groups is 1. The first-order valence-electron chi connectivity index (χ1n) is 6.95. The normalized spacial score (nSPS) is 17.4. The van der Waals surface area contributed by atoms with Crippen molar-refractivity contribution in [2.75, 3.05) is 18.5 Å². The molecule has 6 nitrogen and oxygen atoms in total. The molecule has 1 aliphatic heterocycles. The zero-order valence-electron chi connectivity index (χ0n) is 11.9. The third kappa shape index (κ3) is 2.50. The molecule has 0 bridgehead atoms. The van der Waals surface area contributed by atoms with E-state index in [1.807, 2.05) is 24.3 Å². The standard InChI is InChI=1S/C15H18N4O2/c1-18-14(6-8-16-18)17-15(21)19-9-7-11-4-2-3-5-12(11)13(19)10-20/h2-6,8,13,20H,7,9-10H2,1H3,(H,17,21). The molecule has 1 aromatic heterocycles. The van der Waals surface area contributed by atoms with Crippen LogP contribution < -0.4 is 5.32 Å². The minimum atomic E-state index is -0.303. The van der Waals surface area contributed by atoms with E-state index < -0.39 is 0 Å². The fourth-order valence-electron chi connectivity index (χ4n) is 2.77. The van der Waals surface area contributed by atoms with Crippen LogP contribution in [0.15, 0.2) is 36.5 Å². The van der Waals surface area contributed by atoms with E-state index in [0.717, 1.165) is 12.0 Å². The molecule has 0 saturated carbocycles. The molecule has 3 rings (SSSR count). The van der Waals surface area contributed by atoms with Crippen molar-refractivity contribution in [3.8, 4) is 0 Å². The second-order valence-electron chi connectivity index (χ2n) is 5.11.